The zero-order valence-corrected chi connectivity index (χ0v) is 15.4. The Bertz CT molecular complexity index is 965. The predicted molar refractivity (Wildman–Crippen MR) is 102 cm³/mol. The highest BCUT2D eigenvalue weighted by Gasteiger charge is 2.23. The molecule has 0 radical (unpaired) electrons. The Morgan fingerprint density at radius 3 is 2.69 bits per heavy atom. The van der Waals surface area contributed by atoms with Gasteiger partial charge in [-0.15, -0.1) is 0 Å². The number of fused-ring (bicyclic) bond motifs is 1. The highest BCUT2D eigenvalue weighted by molar-refractivity contribution is 7.98. The van der Waals surface area contributed by atoms with Gasteiger partial charge in [0, 0.05) is 24.5 Å². The van der Waals surface area contributed by atoms with E-state index in [1.165, 1.54) is 23.9 Å². The molecule has 0 spiro atoms. The molecule has 132 valence electrons. The number of nitrogens with zero attached hydrogens (tertiary/aromatic N) is 5. The molecule has 0 amide bonds. The van der Waals surface area contributed by atoms with Crippen LogP contribution in [-0.2, 0) is 6.67 Å². The van der Waals surface area contributed by atoms with Crippen molar-refractivity contribution in [3.05, 3.63) is 54.4 Å². The summed E-state index contributed by atoms with van der Waals surface area (Å²) in [5.74, 6) is 0.608. The standard InChI is InChI=1S/C19H18FN5S/c1-3-24-11-9-16-23-17(13-4-6-14(20)7-5-13)18(25(16)12-24)15-8-10-21-19(22-15)26-2/h4-11H,3,12H2,1-2H3. The average molecular weight is 367 g/mol. The third kappa shape index (κ3) is 2.99. The van der Waals surface area contributed by atoms with E-state index in [0.29, 0.717) is 11.8 Å². The van der Waals surface area contributed by atoms with E-state index in [1.807, 2.05) is 24.6 Å². The molecule has 0 atom stereocenters. The highest BCUT2D eigenvalue weighted by atomic mass is 32.2. The van der Waals surface area contributed by atoms with Crippen LogP contribution in [0.4, 0.5) is 4.39 Å². The van der Waals surface area contributed by atoms with E-state index in [-0.39, 0.29) is 5.82 Å². The first-order chi connectivity index (χ1) is 12.7. The first kappa shape index (κ1) is 16.8. The summed E-state index contributed by atoms with van der Waals surface area (Å²) in [6, 6.07) is 8.32. The summed E-state index contributed by atoms with van der Waals surface area (Å²) in [7, 11) is 0. The molecule has 1 aliphatic heterocycles. The third-order valence-electron chi connectivity index (χ3n) is 4.34. The van der Waals surface area contributed by atoms with Crippen molar-refractivity contribution < 1.29 is 4.39 Å². The van der Waals surface area contributed by atoms with E-state index in [4.69, 9.17) is 4.98 Å². The largest absolute Gasteiger partial charge is 0.360 e. The number of thioether (sulfide) groups is 1. The lowest BCUT2D eigenvalue weighted by atomic mass is 10.1. The minimum Gasteiger partial charge on any atom is -0.360 e. The van der Waals surface area contributed by atoms with Gasteiger partial charge in [-0.25, -0.2) is 19.3 Å². The molecular weight excluding hydrogens is 349 g/mol. The number of hydrogen-bond donors (Lipinski definition) is 0. The van der Waals surface area contributed by atoms with E-state index in [1.54, 1.807) is 18.3 Å². The minimum atomic E-state index is -0.261. The molecule has 1 aromatic carbocycles. The molecule has 7 heteroatoms. The Balaban J connectivity index is 1.93. The molecule has 3 heterocycles. The summed E-state index contributed by atoms with van der Waals surface area (Å²) in [4.78, 5) is 16.0. The molecular formula is C19H18FN5S. The number of hydrogen-bond acceptors (Lipinski definition) is 5. The molecule has 2 aromatic heterocycles. The molecule has 4 rings (SSSR count). The Morgan fingerprint density at radius 1 is 1.15 bits per heavy atom. The SMILES string of the molecule is CCN1C=Cc2nc(-c3ccc(F)cc3)c(-c3ccnc(SC)n3)n2C1. The van der Waals surface area contributed by atoms with Gasteiger partial charge in [0.25, 0.3) is 0 Å². The smallest absolute Gasteiger partial charge is 0.187 e. The molecule has 1 aliphatic rings. The number of benzene rings is 1. The van der Waals surface area contributed by atoms with Gasteiger partial charge in [-0.3, -0.25) is 0 Å². The van der Waals surface area contributed by atoms with Gasteiger partial charge in [-0.1, -0.05) is 11.8 Å². The maximum Gasteiger partial charge on any atom is 0.187 e. The molecule has 0 unspecified atom stereocenters. The van der Waals surface area contributed by atoms with Gasteiger partial charge in [0.15, 0.2) is 5.16 Å². The molecule has 5 nitrogen and oxygen atoms in total. The fourth-order valence-electron chi connectivity index (χ4n) is 2.99. The second-order valence-electron chi connectivity index (χ2n) is 5.89. The zero-order chi connectivity index (χ0) is 18.1. The Kier molecular flexibility index (Phi) is 4.46. The van der Waals surface area contributed by atoms with Crippen molar-refractivity contribution >= 4 is 17.8 Å². The lowest BCUT2D eigenvalue weighted by Gasteiger charge is -2.24. The molecule has 0 bridgehead atoms. The maximum absolute atomic E-state index is 13.4. The summed E-state index contributed by atoms with van der Waals surface area (Å²) in [6.45, 7) is 3.72. The lowest BCUT2D eigenvalue weighted by molar-refractivity contribution is 0.313. The van der Waals surface area contributed by atoms with Gasteiger partial charge in [0.05, 0.1) is 23.8 Å². The van der Waals surface area contributed by atoms with E-state index in [0.717, 1.165) is 35.0 Å². The molecule has 0 saturated carbocycles. The normalized spacial score (nSPS) is 13.1. The number of halogens is 1. The molecule has 0 fully saturated rings. The van der Waals surface area contributed by atoms with E-state index >= 15 is 0 Å². The van der Waals surface area contributed by atoms with Gasteiger partial charge in [-0.05, 0) is 49.6 Å². The van der Waals surface area contributed by atoms with Crippen molar-refractivity contribution in [3.8, 4) is 22.6 Å². The fourth-order valence-corrected chi connectivity index (χ4v) is 3.34. The topological polar surface area (TPSA) is 46.8 Å². The average Bonchev–Trinajstić information content (AvgIpc) is 3.07. The fraction of sp³-hybridized carbons (Fsp3) is 0.211. The van der Waals surface area contributed by atoms with Crippen LogP contribution in [0.1, 0.15) is 12.7 Å². The second-order valence-corrected chi connectivity index (χ2v) is 6.67. The number of aromatic nitrogens is 4. The van der Waals surface area contributed by atoms with Crippen molar-refractivity contribution in [2.75, 3.05) is 12.8 Å². The first-order valence-corrected chi connectivity index (χ1v) is 9.58. The van der Waals surface area contributed by atoms with Crippen LogP contribution in [0.5, 0.6) is 0 Å². The van der Waals surface area contributed by atoms with Crippen LogP contribution in [0.25, 0.3) is 28.7 Å². The van der Waals surface area contributed by atoms with Crippen LogP contribution in [-0.4, -0.2) is 37.2 Å². The van der Waals surface area contributed by atoms with Crippen molar-refractivity contribution in [2.24, 2.45) is 0 Å². The summed E-state index contributed by atoms with van der Waals surface area (Å²) in [5, 5.41) is 0.710. The van der Waals surface area contributed by atoms with Crippen LogP contribution < -0.4 is 0 Å². The van der Waals surface area contributed by atoms with Crippen LogP contribution in [0.15, 0.2) is 47.9 Å². The number of imidazole rings is 1. The van der Waals surface area contributed by atoms with Crippen LogP contribution in [0.3, 0.4) is 0 Å². The van der Waals surface area contributed by atoms with Crippen molar-refractivity contribution in [1.82, 2.24) is 24.4 Å². The van der Waals surface area contributed by atoms with Gasteiger partial charge in [-0.2, -0.15) is 0 Å². The molecule has 0 aliphatic carbocycles. The van der Waals surface area contributed by atoms with E-state index in [2.05, 4.69) is 26.4 Å². The third-order valence-corrected chi connectivity index (χ3v) is 4.90. The minimum absolute atomic E-state index is 0.261. The Hall–Kier alpha value is -2.67. The van der Waals surface area contributed by atoms with E-state index < -0.39 is 0 Å². The van der Waals surface area contributed by atoms with Gasteiger partial charge >= 0.3 is 0 Å². The molecule has 3 aromatic rings. The quantitative estimate of drug-likeness (QED) is 0.512. The van der Waals surface area contributed by atoms with E-state index in [9.17, 15) is 4.39 Å². The zero-order valence-electron chi connectivity index (χ0n) is 14.6. The Labute approximate surface area is 155 Å². The second kappa shape index (κ2) is 6.92. The summed E-state index contributed by atoms with van der Waals surface area (Å²) in [6.07, 6.45) is 7.76. The van der Waals surface area contributed by atoms with Crippen LogP contribution in [0.2, 0.25) is 0 Å². The summed E-state index contributed by atoms with van der Waals surface area (Å²) >= 11 is 1.50. The monoisotopic (exact) mass is 367 g/mol. The van der Waals surface area contributed by atoms with Crippen LogP contribution >= 0.6 is 11.8 Å². The van der Waals surface area contributed by atoms with Crippen LogP contribution in [0, 0.1) is 5.82 Å². The van der Waals surface area contributed by atoms with Gasteiger partial charge < -0.3 is 9.47 Å². The summed E-state index contributed by atoms with van der Waals surface area (Å²) < 4.78 is 15.5. The summed E-state index contributed by atoms with van der Waals surface area (Å²) in [5.41, 5.74) is 3.40. The molecule has 0 N–H and O–H groups in total. The predicted octanol–water partition coefficient (Wildman–Crippen LogP) is 4.13. The highest BCUT2D eigenvalue weighted by Crippen LogP contribution is 2.34. The van der Waals surface area contributed by atoms with Crippen molar-refractivity contribution in [2.45, 2.75) is 18.7 Å². The van der Waals surface area contributed by atoms with Gasteiger partial charge in [0.2, 0.25) is 0 Å². The Morgan fingerprint density at radius 2 is 1.96 bits per heavy atom. The first-order valence-electron chi connectivity index (χ1n) is 8.35. The maximum atomic E-state index is 13.4. The number of rotatable bonds is 4. The lowest BCUT2D eigenvalue weighted by Crippen LogP contribution is -2.25. The molecule has 0 saturated heterocycles. The van der Waals surface area contributed by atoms with Crippen molar-refractivity contribution in [1.29, 1.82) is 0 Å². The molecule has 26 heavy (non-hydrogen) atoms. The van der Waals surface area contributed by atoms with Gasteiger partial charge in [0.1, 0.15) is 11.6 Å². The van der Waals surface area contributed by atoms with Crippen molar-refractivity contribution in [3.63, 3.8) is 0 Å².